The SMILES string of the molecule is COCCCN1CC2C(CNC(=O)c3cc(Cl)c(N)c4ccoc34)C2C1.Cl. The number of furan rings is 1. The third-order valence-corrected chi connectivity index (χ3v) is 6.05. The molecule has 2 unspecified atom stereocenters. The first kappa shape index (κ1) is 20.3. The van der Waals surface area contributed by atoms with Gasteiger partial charge in [0.2, 0.25) is 0 Å². The maximum absolute atomic E-state index is 12.6. The molecule has 8 heteroatoms. The van der Waals surface area contributed by atoms with Gasteiger partial charge in [0, 0.05) is 45.3 Å². The molecule has 1 saturated carbocycles. The molecule has 1 aliphatic carbocycles. The highest BCUT2D eigenvalue weighted by atomic mass is 35.5. The molecule has 2 atom stereocenters. The van der Waals surface area contributed by atoms with Gasteiger partial charge in [-0.3, -0.25) is 4.79 Å². The normalized spacial score (nSPS) is 23.9. The Kier molecular flexibility index (Phi) is 6.21. The largest absolute Gasteiger partial charge is 0.463 e. The molecule has 3 N–H and O–H groups in total. The number of ether oxygens (including phenoxy) is 1. The molecule has 2 aromatic rings. The Morgan fingerprint density at radius 3 is 2.89 bits per heavy atom. The summed E-state index contributed by atoms with van der Waals surface area (Å²) in [6.45, 7) is 4.87. The van der Waals surface area contributed by atoms with Crippen LogP contribution in [0.4, 0.5) is 5.69 Å². The van der Waals surface area contributed by atoms with Gasteiger partial charge in [-0.1, -0.05) is 11.6 Å². The summed E-state index contributed by atoms with van der Waals surface area (Å²) in [5.74, 6) is 1.83. The Balaban J connectivity index is 0.00000210. The van der Waals surface area contributed by atoms with E-state index in [1.807, 2.05) is 0 Å². The molecular weight excluding hydrogens is 389 g/mol. The Labute approximate surface area is 169 Å². The van der Waals surface area contributed by atoms with E-state index in [-0.39, 0.29) is 18.3 Å². The zero-order valence-electron chi connectivity index (χ0n) is 15.2. The van der Waals surface area contributed by atoms with Crippen molar-refractivity contribution in [3.8, 4) is 0 Å². The van der Waals surface area contributed by atoms with Crippen LogP contribution in [-0.4, -0.2) is 50.7 Å². The minimum atomic E-state index is -0.159. The molecule has 4 rings (SSSR count). The second-order valence-electron chi connectivity index (χ2n) is 7.29. The van der Waals surface area contributed by atoms with E-state index < -0.39 is 0 Å². The molecule has 0 radical (unpaired) electrons. The summed E-state index contributed by atoms with van der Waals surface area (Å²) in [6.07, 6.45) is 2.60. The zero-order chi connectivity index (χ0) is 18.3. The molecule has 1 amide bonds. The van der Waals surface area contributed by atoms with Crippen LogP contribution in [0, 0.1) is 17.8 Å². The van der Waals surface area contributed by atoms with Crippen molar-refractivity contribution in [3.05, 3.63) is 29.0 Å². The standard InChI is InChI=1S/C19H24ClN3O3.ClH/c1-25-5-2-4-23-9-14-13(15(14)10-23)8-22-19(24)12-7-16(20)17(21)11-3-6-26-18(11)12;/h3,6-7,13-15H,2,4-5,8-10,21H2,1H3,(H,22,24);1H. The molecule has 1 saturated heterocycles. The van der Waals surface area contributed by atoms with Gasteiger partial charge in [-0.2, -0.15) is 0 Å². The summed E-state index contributed by atoms with van der Waals surface area (Å²) >= 11 is 6.15. The van der Waals surface area contributed by atoms with Gasteiger partial charge in [0.15, 0.2) is 0 Å². The topological polar surface area (TPSA) is 80.7 Å². The van der Waals surface area contributed by atoms with Crippen LogP contribution in [0.5, 0.6) is 0 Å². The smallest absolute Gasteiger partial charge is 0.255 e. The number of carbonyl (C=O) groups is 1. The van der Waals surface area contributed by atoms with Crippen LogP contribution in [0.15, 0.2) is 22.8 Å². The second kappa shape index (κ2) is 8.27. The first-order valence-corrected chi connectivity index (χ1v) is 9.42. The number of piperidine rings is 1. The van der Waals surface area contributed by atoms with E-state index in [4.69, 9.17) is 26.5 Å². The number of nitrogens with zero attached hydrogens (tertiary/aromatic N) is 1. The van der Waals surface area contributed by atoms with Gasteiger partial charge in [-0.05, 0) is 36.3 Å². The number of fused-ring (bicyclic) bond motifs is 2. The van der Waals surface area contributed by atoms with Crippen LogP contribution in [0.1, 0.15) is 16.8 Å². The molecule has 1 aromatic carbocycles. The third kappa shape index (κ3) is 3.90. The molecule has 2 heterocycles. The van der Waals surface area contributed by atoms with Crippen molar-refractivity contribution in [1.29, 1.82) is 0 Å². The molecule has 2 fully saturated rings. The van der Waals surface area contributed by atoms with E-state index >= 15 is 0 Å². The number of hydrogen-bond donors (Lipinski definition) is 2. The summed E-state index contributed by atoms with van der Waals surface area (Å²) < 4.78 is 10.6. The van der Waals surface area contributed by atoms with E-state index in [0.29, 0.717) is 51.5 Å². The number of nitrogens with one attached hydrogen (secondary N) is 1. The summed E-state index contributed by atoms with van der Waals surface area (Å²) in [7, 11) is 1.74. The van der Waals surface area contributed by atoms with Crippen LogP contribution in [0.25, 0.3) is 11.0 Å². The number of carbonyl (C=O) groups excluding carboxylic acids is 1. The van der Waals surface area contributed by atoms with Gasteiger partial charge in [-0.25, -0.2) is 0 Å². The number of hydrogen-bond acceptors (Lipinski definition) is 5. The number of halogens is 2. The summed E-state index contributed by atoms with van der Waals surface area (Å²) in [6, 6.07) is 3.32. The first-order chi connectivity index (χ1) is 12.6. The van der Waals surface area contributed by atoms with Crippen LogP contribution >= 0.6 is 24.0 Å². The van der Waals surface area contributed by atoms with Crippen molar-refractivity contribution in [2.45, 2.75) is 6.42 Å². The van der Waals surface area contributed by atoms with Gasteiger partial charge in [0.1, 0.15) is 5.58 Å². The highest BCUT2D eigenvalue weighted by Gasteiger charge is 2.54. The Hall–Kier alpha value is -1.47. The molecule has 1 aromatic heterocycles. The lowest BCUT2D eigenvalue weighted by Crippen LogP contribution is -2.31. The van der Waals surface area contributed by atoms with E-state index in [1.54, 1.807) is 19.2 Å². The van der Waals surface area contributed by atoms with Crippen molar-refractivity contribution in [3.63, 3.8) is 0 Å². The Morgan fingerprint density at radius 1 is 1.44 bits per heavy atom. The molecule has 0 spiro atoms. The van der Waals surface area contributed by atoms with Crippen molar-refractivity contribution >= 4 is 46.6 Å². The Bertz CT molecular complexity index is 814. The molecular formula is C19H25Cl2N3O3. The van der Waals surface area contributed by atoms with E-state index in [2.05, 4.69) is 10.2 Å². The van der Waals surface area contributed by atoms with Crippen LogP contribution in [0.2, 0.25) is 5.02 Å². The van der Waals surface area contributed by atoms with Gasteiger partial charge < -0.3 is 25.1 Å². The highest BCUT2D eigenvalue weighted by molar-refractivity contribution is 6.35. The second-order valence-corrected chi connectivity index (χ2v) is 7.70. The minimum absolute atomic E-state index is 0. The maximum Gasteiger partial charge on any atom is 0.255 e. The average molecular weight is 414 g/mol. The number of likely N-dealkylation sites (tertiary alicyclic amines) is 1. The van der Waals surface area contributed by atoms with Crippen LogP contribution in [-0.2, 0) is 4.74 Å². The van der Waals surface area contributed by atoms with Crippen molar-refractivity contribution in [1.82, 2.24) is 10.2 Å². The molecule has 27 heavy (non-hydrogen) atoms. The number of amides is 1. The molecule has 1 aliphatic heterocycles. The predicted molar refractivity (Wildman–Crippen MR) is 109 cm³/mol. The summed E-state index contributed by atoms with van der Waals surface area (Å²) in [5.41, 5.74) is 7.32. The quantitative estimate of drug-likeness (QED) is 0.538. The van der Waals surface area contributed by atoms with E-state index in [9.17, 15) is 4.79 Å². The average Bonchev–Trinajstić information content (AvgIpc) is 3.00. The van der Waals surface area contributed by atoms with Crippen molar-refractivity contribution in [2.24, 2.45) is 17.8 Å². The van der Waals surface area contributed by atoms with Gasteiger partial charge in [0.25, 0.3) is 5.91 Å². The molecule has 2 aliphatic rings. The van der Waals surface area contributed by atoms with Crippen molar-refractivity contribution < 1.29 is 13.9 Å². The Morgan fingerprint density at radius 2 is 2.19 bits per heavy atom. The predicted octanol–water partition coefficient (Wildman–Crippen LogP) is 3.03. The van der Waals surface area contributed by atoms with Gasteiger partial charge in [0.05, 0.1) is 22.5 Å². The zero-order valence-corrected chi connectivity index (χ0v) is 16.8. The van der Waals surface area contributed by atoms with Gasteiger partial charge in [-0.15, -0.1) is 12.4 Å². The van der Waals surface area contributed by atoms with Gasteiger partial charge >= 0.3 is 0 Å². The molecule has 6 nitrogen and oxygen atoms in total. The van der Waals surface area contributed by atoms with E-state index in [0.717, 1.165) is 32.7 Å². The number of rotatable bonds is 7. The lowest BCUT2D eigenvalue weighted by atomic mass is 10.1. The van der Waals surface area contributed by atoms with E-state index in [1.165, 1.54) is 6.26 Å². The minimum Gasteiger partial charge on any atom is -0.463 e. The van der Waals surface area contributed by atoms with Crippen LogP contribution < -0.4 is 11.1 Å². The number of methoxy groups -OCH3 is 1. The van der Waals surface area contributed by atoms with Crippen molar-refractivity contribution in [2.75, 3.05) is 45.6 Å². The number of nitrogen functional groups attached to an aromatic ring is 1. The highest BCUT2D eigenvalue weighted by Crippen LogP contribution is 2.51. The van der Waals surface area contributed by atoms with Crippen LogP contribution in [0.3, 0.4) is 0 Å². The lowest BCUT2D eigenvalue weighted by Gasteiger charge is -2.19. The lowest BCUT2D eigenvalue weighted by molar-refractivity contribution is 0.0949. The monoisotopic (exact) mass is 413 g/mol. The first-order valence-electron chi connectivity index (χ1n) is 9.04. The number of nitrogens with two attached hydrogens (primary N) is 1. The molecule has 0 bridgehead atoms. The molecule has 148 valence electrons. The third-order valence-electron chi connectivity index (χ3n) is 5.74. The number of anilines is 1. The number of benzene rings is 1. The summed E-state index contributed by atoms with van der Waals surface area (Å²) in [4.78, 5) is 15.1. The maximum atomic E-state index is 12.6. The fourth-order valence-corrected chi connectivity index (χ4v) is 4.47. The fraction of sp³-hybridized carbons (Fsp3) is 0.526. The summed E-state index contributed by atoms with van der Waals surface area (Å²) in [5, 5.41) is 4.10. The fourth-order valence-electron chi connectivity index (χ4n) is 4.26.